The minimum Gasteiger partial charge on any atom is -0.479 e. The number of benzene rings is 1. The fraction of sp³-hybridized carbons (Fsp3) is 0.357. The zero-order valence-corrected chi connectivity index (χ0v) is 12.2. The average Bonchev–Trinajstić information content (AvgIpc) is 2.25. The van der Waals surface area contributed by atoms with E-state index in [1.165, 1.54) is 0 Å². The Bertz CT molecular complexity index is 507. The number of carbonyl (C=O) groups is 1. The van der Waals surface area contributed by atoms with Gasteiger partial charge in [0.05, 0.1) is 4.47 Å². The van der Waals surface area contributed by atoms with Crippen molar-refractivity contribution in [3.63, 3.8) is 0 Å². The molecule has 0 amide bonds. The molecule has 0 saturated heterocycles. The highest BCUT2D eigenvalue weighted by Crippen LogP contribution is 2.35. The summed E-state index contributed by atoms with van der Waals surface area (Å²) >= 11 is 3.33. The molecule has 0 spiro atoms. The zero-order valence-electron chi connectivity index (χ0n) is 10.6. The van der Waals surface area contributed by atoms with Crippen LogP contribution in [0.5, 0.6) is 5.75 Å². The maximum atomic E-state index is 11.3. The summed E-state index contributed by atoms with van der Waals surface area (Å²) < 4.78 is 5.88. The van der Waals surface area contributed by atoms with Crippen LogP contribution in [-0.2, 0) is 5.41 Å². The maximum Gasteiger partial charge on any atom is 0.339 e. The molecule has 0 aliphatic rings. The fourth-order valence-corrected chi connectivity index (χ4v) is 2.02. The molecule has 3 nitrogen and oxygen atoms in total. The normalized spacial score (nSPS) is 10.8. The second-order valence-electron chi connectivity index (χ2n) is 4.88. The summed E-state index contributed by atoms with van der Waals surface area (Å²) in [6.45, 7) is 6.08. The standard InChI is InChI=1S/C14H15BrO3/c1-5-6-18-12-10(13(16)17)7-9(8-11(12)15)14(2,3)4/h1,7-8H,6H2,2-4H3,(H,16,17). The number of hydrogen-bond acceptors (Lipinski definition) is 2. The number of aromatic carboxylic acids is 1. The number of terminal acetylenes is 1. The van der Waals surface area contributed by atoms with Gasteiger partial charge in [-0.2, -0.15) is 0 Å². The molecule has 0 saturated carbocycles. The molecule has 0 aliphatic heterocycles. The molecule has 1 N–H and O–H groups in total. The summed E-state index contributed by atoms with van der Waals surface area (Å²) in [5.74, 6) is 1.56. The van der Waals surface area contributed by atoms with Crippen molar-refractivity contribution in [2.45, 2.75) is 26.2 Å². The van der Waals surface area contributed by atoms with E-state index < -0.39 is 5.97 Å². The molecule has 0 fully saturated rings. The van der Waals surface area contributed by atoms with Crippen LogP contribution in [0.25, 0.3) is 0 Å². The van der Waals surface area contributed by atoms with E-state index in [4.69, 9.17) is 11.2 Å². The van der Waals surface area contributed by atoms with Crippen LogP contribution < -0.4 is 4.74 Å². The van der Waals surface area contributed by atoms with Crippen LogP contribution in [0.2, 0.25) is 0 Å². The third-order valence-corrected chi connectivity index (χ3v) is 3.03. The van der Waals surface area contributed by atoms with Gasteiger partial charge in [0.2, 0.25) is 0 Å². The highest BCUT2D eigenvalue weighted by Gasteiger charge is 2.21. The summed E-state index contributed by atoms with van der Waals surface area (Å²) in [7, 11) is 0. The Balaban J connectivity index is 3.37. The number of carboxylic acids is 1. The number of ether oxygens (including phenoxy) is 1. The molecule has 18 heavy (non-hydrogen) atoms. The summed E-state index contributed by atoms with van der Waals surface area (Å²) in [6.07, 6.45) is 5.11. The van der Waals surface area contributed by atoms with Crippen molar-refractivity contribution < 1.29 is 14.6 Å². The Labute approximate surface area is 115 Å². The third-order valence-electron chi connectivity index (χ3n) is 2.44. The molecule has 0 atom stereocenters. The van der Waals surface area contributed by atoms with Gasteiger partial charge in [-0.25, -0.2) is 4.79 Å². The van der Waals surface area contributed by atoms with Gasteiger partial charge < -0.3 is 9.84 Å². The second kappa shape index (κ2) is 5.45. The minimum absolute atomic E-state index is 0.0355. The van der Waals surface area contributed by atoms with E-state index in [0.29, 0.717) is 4.47 Å². The Morgan fingerprint density at radius 2 is 2.11 bits per heavy atom. The molecule has 1 rings (SSSR count). The second-order valence-corrected chi connectivity index (χ2v) is 5.74. The van der Waals surface area contributed by atoms with Crippen molar-refractivity contribution >= 4 is 21.9 Å². The molecule has 1 aromatic rings. The van der Waals surface area contributed by atoms with Gasteiger partial charge in [0, 0.05) is 0 Å². The minimum atomic E-state index is -1.03. The monoisotopic (exact) mass is 310 g/mol. The first-order chi connectivity index (χ1) is 8.27. The van der Waals surface area contributed by atoms with E-state index in [-0.39, 0.29) is 23.3 Å². The molecule has 0 unspecified atom stereocenters. The first-order valence-electron chi connectivity index (χ1n) is 5.41. The first kappa shape index (κ1) is 14.6. The van der Waals surface area contributed by atoms with Gasteiger partial charge in [-0.3, -0.25) is 0 Å². The smallest absolute Gasteiger partial charge is 0.339 e. The van der Waals surface area contributed by atoms with E-state index in [1.54, 1.807) is 6.07 Å². The van der Waals surface area contributed by atoms with Gasteiger partial charge in [0.25, 0.3) is 0 Å². The highest BCUT2D eigenvalue weighted by atomic mass is 79.9. The van der Waals surface area contributed by atoms with Crippen molar-refractivity contribution in [3.05, 3.63) is 27.7 Å². The lowest BCUT2D eigenvalue weighted by atomic mass is 9.86. The molecule has 0 radical (unpaired) electrons. The summed E-state index contributed by atoms with van der Waals surface area (Å²) in [5, 5.41) is 9.23. The van der Waals surface area contributed by atoms with Crippen molar-refractivity contribution in [2.24, 2.45) is 0 Å². The van der Waals surface area contributed by atoms with Crippen LogP contribution in [0.3, 0.4) is 0 Å². The van der Waals surface area contributed by atoms with E-state index in [9.17, 15) is 9.90 Å². The van der Waals surface area contributed by atoms with Crippen LogP contribution in [0, 0.1) is 12.3 Å². The Morgan fingerprint density at radius 3 is 2.56 bits per heavy atom. The summed E-state index contributed by atoms with van der Waals surface area (Å²) in [6, 6.07) is 3.48. The molecular weight excluding hydrogens is 296 g/mol. The van der Waals surface area contributed by atoms with Crippen LogP contribution in [0.4, 0.5) is 0 Å². The van der Waals surface area contributed by atoms with Crippen molar-refractivity contribution in [2.75, 3.05) is 6.61 Å². The van der Waals surface area contributed by atoms with Crippen LogP contribution in [0.15, 0.2) is 16.6 Å². The largest absolute Gasteiger partial charge is 0.479 e. The van der Waals surface area contributed by atoms with Gasteiger partial charge in [-0.05, 0) is 39.0 Å². The molecule has 96 valence electrons. The lowest BCUT2D eigenvalue weighted by molar-refractivity contribution is 0.0692. The lowest BCUT2D eigenvalue weighted by Gasteiger charge is -2.21. The van der Waals surface area contributed by atoms with E-state index in [0.717, 1.165) is 5.56 Å². The average molecular weight is 311 g/mol. The topological polar surface area (TPSA) is 46.5 Å². The highest BCUT2D eigenvalue weighted by molar-refractivity contribution is 9.10. The van der Waals surface area contributed by atoms with Crippen LogP contribution >= 0.6 is 15.9 Å². The molecule has 1 aromatic carbocycles. The van der Waals surface area contributed by atoms with Gasteiger partial charge in [-0.15, -0.1) is 6.42 Å². The van der Waals surface area contributed by atoms with Gasteiger partial charge in [0.15, 0.2) is 0 Å². The van der Waals surface area contributed by atoms with Crippen molar-refractivity contribution in [1.29, 1.82) is 0 Å². The van der Waals surface area contributed by atoms with Gasteiger partial charge >= 0.3 is 5.97 Å². The number of halogens is 1. The molecule has 4 heteroatoms. The Kier molecular flexibility index (Phi) is 4.42. The predicted molar refractivity (Wildman–Crippen MR) is 74.1 cm³/mol. The summed E-state index contributed by atoms with van der Waals surface area (Å²) in [4.78, 5) is 11.3. The van der Waals surface area contributed by atoms with E-state index in [1.807, 2.05) is 26.8 Å². The van der Waals surface area contributed by atoms with Crippen molar-refractivity contribution in [1.82, 2.24) is 0 Å². The molecule has 0 aromatic heterocycles. The van der Waals surface area contributed by atoms with E-state index >= 15 is 0 Å². The molecule has 0 bridgehead atoms. The number of hydrogen-bond donors (Lipinski definition) is 1. The molecular formula is C14H15BrO3. The van der Waals surface area contributed by atoms with E-state index in [2.05, 4.69) is 21.9 Å². The summed E-state index contributed by atoms with van der Waals surface area (Å²) in [5.41, 5.74) is 0.890. The first-order valence-corrected chi connectivity index (χ1v) is 6.20. The Morgan fingerprint density at radius 1 is 1.50 bits per heavy atom. The van der Waals surface area contributed by atoms with Gasteiger partial charge in [-0.1, -0.05) is 26.7 Å². The molecule has 0 aliphatic carbocycles. The number of carboxylic acid groups (broad SMARTS) is 1. The van der Waals surface area contributed by atoms with Crippen molar-refractivity contribution in [3.8, 4) is 18.1 Å². The van der Waals surface area contributed by atoms with Gasteiger partial charge in [0.1, 0.15) is 17.9 Å². The van der Waals surface area contributed by atoms with Crippen LogP contribution in [0.1, 0.15) is 36.7 Å². The lowest BCUT2D eigenvalue weighted by Crippen LogP contribution is -2.14. The number of rotatable bonds is 3. The SMILES string of the molecule is C#CCOc1c(Br)cc(C(C)(C)C)cc1C(=O)O. The maximum absolute atomic E-state index is 11.3. The third kappa shape index (κ3) is 3.27. The molecule has 0 heterocycles. The Hall–Kier alpha value is -1.47. The quantitative estimate of drug-likeness (QED) is 0.870. The van der Waals surface area contributed by atoms with Crippen LogP contribution in [-0.4, -0.2) is 17.7 Å². The zero-order chi connectivity index (χ0) is 13.9. The fourth-order valence-electron chi connectivity index (χ4n) is 1.45. The predicted octanol–water partition coefficient (Wildman–Crippen LogP) is 3.46.